The fourth-order valence-electron chi connectivity index (χ4n) is 2.14. The van der Waals surface area contributed by atoms with E-state index in [1.807, 2.05) is 24.3 Å². The van der Waals surface area contributed by atoms with Crippen LogP contribution in [0.1, 0.15) is 12.0 Å². The number of fused-ring (bicyclic) bond motifs is 1. The van der Waals surface area contributed by atoms with Crippen LogP contribution in [0.15, 0.2) is 46.2 Å². The molecule has 5 heteroatoms. The van der Waals surface area contributed by atoms with Gasteiger partial charge >= 0.3 is 0 Å². The van der Waals surface area contributed by atoms with Crippen LogP contribution >= 0.6 is 11.8 Å². The zero-order chi connectivity index (χ0) is 14.7. The van der Waals surface area contributed by atoms with E-state index in [0.29, 0.717) is 19.8 Å². The smallest absolute Gasteiger partial charge is 0.162 e. The van der Waals surface area contributed by atoms with E-state index >= 15 is 0 Å². The van der Waals surface area contributed by atoms with Gasteiger partial charge in [-0.2, -0.15) is 0 Å². The first-order valence-electron chi connectivity index (χ1n) is 6.81. The Morgan fingerprint density at radius 3 is 2.62 bits per heavy atom. The van der Waals surface area contributed by atoms with Gasteiger partial charge in [0.15, 0.2) is 11.5 Å². The van der Waals surface area contributed by atoms with Crippen molar-refractivity contribution in [3.8, 4) is 11.5 Å². The van der Waals surface area contributed by atoms with Gasteiger partial charge < -0.3 is 15.2 Å². The molecule has 0 atom stereocenters. The Balaban J connectivity index is 1.85. The SMILES string of the molecule is NCc1cc(F)cc(Sc2ccc3c(c2)OCCCO3)c1. The minimum Gasteiger partial charge on any atom is -0.490 e. The molecule has 0 fully saturated rings. The molecule has 110 valence electrons. The van der Waals surface area contributed by atoms with Crippen molar-refractivity contribution in [2.45, 2.75) is 22.8 Å². The van der Waals surface area contributed by atoms with Crippen molar-refractivity contribution in [3.05, 3.63) is 47.8 Å². The summed E-state index contributed by atoms with van der Waals surface area (Å²) in [6, 6.07) is 10.6. The van der Waals surface area contributed by atoms with Gasteiger partial charge in [0.25, 0.3) is 0 Å². The lowest BCUT2D eigenvalue weighted by atomic mass is 10.2. The molecule has 0 saturated heterocycles. The van der Waals surface area contributed by atoms with E-state index in [-0.39, 0.29) is 5.82 Å². The molecule has 3 nitrogen and oxygen atoms in total. The maximum absolute atomic E-state index is 13.5. The average Bonchev–Trinajstić information content (AvgIpc) is 2.71. The number of hydrogen-bond acceptors (Lipinski definition) is 4. The van der Waals surface area contributed by atoms with Crippen molar-refractivity contribution < 1.29 is 13.9 Å². The number of halogens is 1. The van der Waals surface area contributed by atoms with E-state index < -0.39 is 0 Å². The van der Waals surface area contributed by atoms with Crippen LogP contribution in [0, 0.1) is 5.82 Å². The van der Waals surface area contributed by atoms with Gasteiger partial charge in [-0.15, -0.1) is 0 Å². The van der Waals surface area contributed by atoms with Crippen molar-refractivity contribution in [1.29, 1.82) is 0 Å². The van der Waals surface area contributed by atoms with Gasteiger partial charge in [0.05, 0.1) is 13.2 Å². The second-order valence-corrected chi connectivity index (χ2v) is 5.91. The quantitative estimate of drug-likeness (QED) is 0.941. The van der Waals surface area contributed by atoms with Crippen molar-refractivity contribution >= 4 is 11.8 Å². The van der Waals surface area contributed by atoms with Gasteiger partial charge in [0.1, 0.15) is 5.82 Å². The van der Waals surface area contributed by atoms with Crippen LogP contribution in [0.2, 0.25) is 0 Å². The third-order valence-electron chi connectivity index (χ3n) is 3.12. The lowest BCUT2D eigenvalue weighted by Crippen LogP contribution is -1.97. The van der Waals surface area contributed by atoms with Gasteiger partial charge in [-0.3, -0.25) is 0 Å². The van der Waals surface area contributed by atoms with Crippen LogP contribution in [-0.4, -0.2) is 13.2 Å². The second-order valence-electron chi connectivity index (χ2n) is 4.76. The molecule has 1 heterocycles. The second kappa shape index (κ2) is 6.37. The fourth-order valence-corrected chi connectivity index (χ4v) is 3.10. The number of hydrogen-bond donors (Lipinski definition) is 1. The van der Waals surface area contributed by atoms with Crippen molar-refractivity contribution in [2.75, 3.05) is 13.2 Å². The highest BCUT2D eigenvalue weighted by Crippen LogP contribution is 2.36. The van der Waals surface area contributed by atoms with Crippen LogP contribution in [0.5, 0.6) is 11.5 Å². The largest absolute Gasteiger partial charge is 0.490 e. The highest BCUT2D eigenvalue weighted by Gasteiger charge is 2.11. The van der Waals surface area contributed by atoms with Crippen LogP contribution in [0.4, 0.5) is 4.39 Å². The van der Waals surface area contributed by atoms with Crippen LogP contribution in [0.3, 0.4) is 0 Å². The molecule has 2 aromatic rings. The summed E-state index contributed by atoms with van der Waals surface area (Å²) >= 11 is 1.48. The molecule has 21 heavy (non-hydrogen) atoms. The molecule has 2 N–H and O–H groups in total. The summed E-state index contributed by atoms with van der Waals surface area (Å²) in [5.41, 5.74) is 6.36. The Bertz CT molecular complexity index is 648. The van der Waals surface area contributed by atoms with Crippen molar-refractivity contribution in [3.63, 3.8) is 0 Å². The molecule has 0 aromatic heterocycles. The van der Waals surface area contributed by atoms with Crippen LogP contribution < -0.4 is 15.2 Å². The first-order valence-corrected chi connectivity index (χ1v) is 7.63. The Hall–Kier alpha value is -1.72. The molecule has 0 saturated carbocycles. The van der Waals surface area contributed by atoms with E-state index in [4.69, 9.17) is 15.2 Å². The number of rotatable bonds is 3. The van der Waals surface area contributed by atoms with Gasteiger partial charge in [0, 0.05) is 22.8 Å². The molecule has 0 unspecified atom stereocenters. The summed E-state index contributed by atoms with van der Waals surface area (Å²) in [6.07, 6.45) is 0.876. The van der Waals surface area contributed by atoms with Gasteiger partial charge in [-0.05, 0) is 42.0 Å². The Morgan fingerprint density at radius 2 is 1.81 bits per heavy atom. The summed E-state index contributed by atoms with van der Waals surface area (Å²) < 4.78 is 24.8. The molecular weight excluding hydrogens is 289 g/mol. The maximum Gasteiger partial charge on any atom is 0.162 e. The number of nitrogens with two attached hydrogens (primary N) is 1. The minimum absolute atomic E-state index is 0.269. The van der Waals surface area contributed by atoms with E-state index in [1.54, 1.807) is 0 Å². The zero-order valence-corrected chi connectivity index (χ0v) is 12.3. The molecule has 2 aromatic carbocycles. The predicted molar refractivity (Wildman–Crippen MR) is 80.5 cm³/mol. The lowest BCUT2D eigenvalue weighted by Gasteiger charge is -2.09. The summed E-state index contributed by atoms with van der Waals surface area (Å²) in [7, 11) is 0. The molecule has 0 radical (unpaired) electrons. The van der Waals surface area contributed by atoms with Crippen molar-refractivity contribution in [1.82, 2.24) is 0 Å². The standard InChI is InChI=1S/C16H16FNO2S/c17-12-6-11(10-18)7-14(8-12)21-13-2-3-15-16(9-13)20-5-1-4-19-15/h2-3,6-9H,1,4-5,10,18H2. The average molecular weight is 305 g/mol. The van der Waals surface area contributed by atoms with Crippen molar-refractivity contribution in [2.24, 2.45) is 5.73 Å². The van der Waals surface area contributed by atoms with Gasteiger partial charge in [-0.25, -0.2) is 4.39 Å². The topological polar surface area (TPSA) is 44.5 Å². The summed E-state index contributed by atoms with van der Waals surface area (Å²) in [4.78, 5) is 1.80. The molecule has 0 spiro atoms. The molecule has 1 aliphatic rings. The normalized spacial score (nSPS) is 13.8. The van der Waals surface area contributed by atoms with Gasteiger partial charge in [0.2, 0.25) is 0 Å². The van der Waals surface area contributed by atoms with E-state index in [9.17, 15) is 4.39 Å². The molecule has 3 rings (SSSR count). The first kappa shape index (κ1) is 14.2. The molecule has 1 aliphatic heterocycles. The van der Waals surface area contributed by atoms with E-state index in [2.05, 4.69) is 0 Å². The summed E-state index contributed by atoms with van der Waals surface area (Å²) in [5, 5.41) is 0. The lowest BCUT2D eigenvalue weighted by molar-refractivity contribution is 0.297. The third-order valence-corrected chi connectivity index (χ3v) is 4.08. The van der Waals surface area contributed by atoms with Crippen LogP contribution in [0.25, 0.3) is 0 Å². The van der Waals surface area contributed by atoms with Crippen LogP contribution in [-0.2, 0) is 6.54 Å². The molecule has 0 aliphatic carbocycles. The molecule has 0 amide bonds. The first-order chi connectivity index (χ1) is 10.2. The zero-order valence-electron chi connectivity index (χ0n) is 11.5. The highest BCUT2D eigenvalue weighted by atomic mass is 32.2. The summed E-state index contributed by atoms with van der Waals surface area (Å²) in [6.45, 7) is 1.65. The molecular formula is C16H16FNO2S. The Kier molecular flexibility index (Phi) is 4.31. The monoisotopic (exact) mass is 305 g/mol. The minimum atomic E-state index is -0.269. The number of benzene rings is 2. The Labute approximate surface area is 127 Å². The number of ether oxygens (including phenoxy) is 2. The van der Waals surface area contributed by atoms with E-state index in [0.717, 1.165) is 33.3 Å². The maximum atomic E-state index is 13.5. The predicted octanol–water partition coefficient (Wildman–Crippen LogP) is 3.60. The fraction of sp³-hybridized carbons (Fsp3) is 0.250. The summed E-state index contributed by atoms with van der Waals surface area (Å²) in [5.74, 6) is 1.24. The van der Waals surface area contributed by atoms with Gasteiger partial charge in [-0.1, -0.05) is 11.8 Å². The molecule has 0 bridgehead atoms. The third kappa shape index (κ3) is 3.49. The van der Waals surface area contributed by atoms with E-state index in [1.165, 1.54) is 23.9 Å². The highest BCUT2D eigenvalue weighted by molar-refractivity contribution is 7.99. The Morgan fingerprint density at radius 1 is 1.00 bits per heavy atom.